The molecular weight excluding hydrogens is 196 g/mol. The highest BCUT2D eigenvalue weighted by molar-refractivity contribution is 5.69. The van der Waals surface area contributed by atoms with Gasteiger partial charge in [0.25, 0.3) is 0 Å². The zero-order valence-electron chi connectivity index (χ0n) is 9.51. The molecule has 2 nitrogen and oxygen atoms in total. The van der Waals surface area contributed by atoms with E-state index in [4.69, 9.17) is 5.26 Å². The van der Waals surface area contributed by atoms with Crippen LogP contribution in [0.25, 0.3) is 11.1 Å². The molecule has 1 heterocycles. The second-order valence-electron chi connectivity index (χ2n) is 2.90. The first-order valence-electron chi connectivity index (χ1n) is 5.31. The van der Waals surface area contributed by atoms with E-state index >= 15 is 0 Å². The molecule has 0 unspecified atom stereocenters. The molecule has 80 valence electrons. The van der Waals surface area contributed by atoms with Crippen LogP contribution in [0.4, 0.5) is 0 Å². The summed E-state index contributed by atoms with van der Waals surface area (Å²) in [6.45, 7) is 4.00. The van der Waals surface area contributed by atoms with Gasteiger partial charge in [0.15, 0.2) is 0 Å². The molecule has 0 aliphatic rings. The number of benzene rings is 1. The summed E-state index contributed by atoms with van der Waals surface area (Å²) in [4.78, 5) is 3.92. The SMILES string of the molecule is CC.N#Cc1cnccc1-c1ccccc1. The molecule has 0 amide bonds. The minimum atomic E-state index is 0.610. The van der Waals surface area contributed by atoms with Crippen molar-refractivity contribution in [1.82, 2.24) is 4.98 Å². The Labute approximate surface area is 96.2 Å². The molecule has 0 spiro atoms. The monoisotopic (exact) mass is 210 g/mol. The predicted octanol–water partition coefficient (Wildman–Crippen LogP) is 3.65. The van der Waals surface area contributed by atoms with Crippen LogP contribution in [0.5, 0.6) is 0 Å². The summed E-state index contributed by atoms with van der Waals surface area (Å²) in [5.74, 6) is 0. The summed E-state index contributed by atoms with van der Waals surface area (Å²) in [6.07, 6.45) is 3.28. The Balaban J connectivity index is 0.000000606. The Hall–Kier alpha value is -2.14. The minimum absolute atomic E-state index is 0.610. The summed E-state index contributed by atoms with van der Waals surface area (Å²) in [7, 11) is 0. The quantitative estimate of drug-likeness (QED) is 0.720. The van der Waals surface area contributed by atoms with E-state index in [1.54, 1.807) is 12.4 Å². The number of aromatic nitrogens is 1. The first-order chi connectivity index (χ1) is 7.92. The van der Waals surface area contributed by atoms with Gasteiger partial charge < -0.3 is 0 Å². The smallest absolute Gasteiger partial charge is 0.101 e. The van der Waals surface area contributed by atoms with Crippen molar-refractivity contribution in [2.45, 2.75) is 13.8 Å². The van der Waals surface area contributed by atoms with E-state index in [-0.39, 0.29) is 0 Å². The van der Waals surface area contributed by atoms with Gasteiger partial charge in [0.05, 0.1) is 5.56 Å². The van der Waals surface area contributed by atoms with Crippen molar-refractivity contribution in [3.8, 4) is 17.2 Å². The molecule has 2 aromatic rings. The topological polar surface area (TPSA) is 36.7 Å². The summed E-state index contributed by atoms with van der Waals surface area (Å²) in [5, 5.41) is 8.89. The third-order valence-electron chi connectivity index (χ3n) is 2.03. The Morgan fingerprint density at radius 2 is 1.75 bits per heavy atom. The maximum Gasteiger partial charge on any atom is 0.101 e. The van der Waals surface area contributed by atoms with Crippen LogP contribution >= 0.6 is 0 Å². The second-order valence-corrected chi connectivity index (χ2v) is 2.90. The highest BCUT2D eigenvalue weighted by Crippen LogP contribution is 2.21. The van der Waals surface area contributed by atoms with Crippen LogP contribution in [0.15, 0.2) is 48.8 Å². The van der Waals surface area contributed by atoms with Crippen LogP contribution in [-0.2, 0) is 0 Å². The van der Waals surface area contributed by atoms with Gasteiger partial charge >= 0.3 is 0 Å². The third-order valence-corrected chi connectivity index (χ3v) is 2.03. The zero-order chi connectivity index (χ0) is 11.8. The lowest BCUT2D eigenvalue weighted by molar-refractivity contribution is 1.30. The molecule has 0 saturated heterocycles. The van der Waals surface area contributed by atoms with Gasteiger partial charge in [-0.3, -0.25) is 4.98 Å². The van der Waals surface area contributed by atoms with Crippen LogP contribution in [0.1, 0.15) is 19.4 Å². The molecule has 16 heavy (non-hydrogen) atoms. The van der Waals surface area contributed by atoms with Crippen molar-refractivity contribution >= 4 is 0 Å². The van der Waals surface area contributed by atoms with Crippen molar-refractivity contribution < 1.29 is 0 Å². The molecule has 0 aliphatic heterocycles. The molecule has 2 rings (SSSR count). The van der Waals surface area contributed by atoms with Crippen LogP contribution in [0.3, 0.4) is 0 Å². The zero-order valence-corrected chi connectivity index (χ0v) is 9.51. The Bertz CT molecular complexity index is 470. The summed E-state index contributed by atoms with van der Waals surface area (Å²) in [6, 6.07) is 13.8. The Morgan fingerprint density at radius 3 is 2.38 bits per heavy atom. The van der Waals surface area contributed by atoms with Crippen molar-refractivity contribution in [2.24, 2.45) is 0 Å². The average Bonchev–Trinajstić information content (AvgIpc) is 2.42. The maximum absolute atomic E-state index is 8.89. The van der Waals surface area contributed by atoms with E-state index in [1.165, 1.54) is 0 Å². The Kier molecular flexibility index (Phi) is 4.75. The first-order valence-corrected chi connectivity index (χ1v) is 5.31. The van der Waals surface area contributed by atoms with Crippen LogP contribution in [0, 0.1) is 11.3 Å². The summed E-state index contributed by atoms with van der Waals surface area (Å²) in [5.41, 5.74) is 2.59. The molecule has 0 aliphatic carbocycles. The lowest BCUT2D eigenvalue weighted by Crippen LogP contribution is -1.84. The fourth-order valence-electron chi connectivity index (χ4n) is 1.35. The highest BCUT2D eigenvalue weighted by atomic mass is 14.6. The largest absolute Gasteiger partial charge is 0.263 e. The third kappa shape index (κ3) is 2.68. The van der Waals surface area contributed by atoms with Crippen LogP contribution in [0.2, 0.25) is 0 Å². The van der Waals surface area contributed by atoms with Gasteiger partial charge in [0, 0.05) is 18.0 Å². The van der Waals surface area contributed by atoms with E-state index in [9.17, 15) is 0 Å². The Morgan fingerprint density at radius 1 is 1.06 bits per heavy atom. The van der Waals surface area contributed by atoms with Crippen LogP contribution < -0.4 is 0 Å². The molecule has 2 heteroatoms. The normalized spacial score (nSPS) is 8.56. The summed E-state index contributed by atoms with van der Waals surface area (Å²) < 4.78 is 0. The maximum atomic E-state index is 8.89. The van der Waals surface area contributed by atoms with Crippen molar-refractivity contribution in [3.05, 3.63) is 54.4 Å². The standard InChI is InChI=1S/C12H8N2.C2H6/c13-8-11-9-14-7-6-12(11)10-4-2-1-3-5-10;1-2/h1-7,9H;1-2H3. The van der Waals surface area contributed by atoms with Crippen molar-refractivity contribution in [3.63, 3.8) is 0 Å². The molecule has 0 N–H and O–H groups in total. The van der Waals surface area contributed by atoms with Gasteiger partial charge in [-0.15, -0.1) is 0 Å². The molecule has 0 atom stereocenters. The summed E-state index contributed by atoms with van der Waals surface area (Å²) >= 11 is 0. The molecule has 0 bridgehead atoms. The molecule has 1 aromatic heterocycles. The first kappa shape index (κ1) is 11.9. The van der Waals surface area contributed by atoms with E-state index in [0.717, 1.165) is 11.1 Å². The van der Waals surface area contributed by atoms with Crippen molar-refractivity contribution in [1.29, 1.82) is 5.26 Å². The fraction of sp³-hybridized carbons (Fsp3) is 0.143. The number of nitrogens with zero attached hydrogens (tertiary/aromatic N) is 2. The number of nitriles is 1. The molecule has 0 radical (unpaired) electrons. The molecule has 1 aromatic carbocycles. The van der Waals surface area contributed by atoms with E-state index in [2.05, 4.69) is 11.1 Å². The lowest BCUT2D eigenvalue weighted by atomic mass is 10.0. The van der Waals surface area contributed by atoms with Gasteiger partial charge in [-0.2, -0.15) is 5.26 Å². The van der Waals surface area contributed by atoms with Gasteiger partial charge in [-0.1, -0.05) is 44.2 Å². The number of hydrogen-bond acceptors (Lipinski definition) is 2. The molecule has 0 fully saturated rings. The highest BCUT2D eigenvalue weighted by Gasteiger charge is 2.02. The molecular formula is C14H14N2. The minimum Gasteiger partial charge on any atom is -0.263 e. The van der Waals surface area contributed by atoms with Crippen molar-refractivity contribution in [2.75, 3.05) is 0 Å². The van der Waals surface area contributed by atoms with Gasteiger partial charge in [0.1, 0.15) is 6.07 Å². The van der Waals surface area contributed by atoms with E-state index in [0.29, 0.717) is 5.56 Å². The predicted molar refractivity (Wildman–Crippen MR) is 65.7 cm³/mol. The fourth-order valence-corrected chi connectivity index (χ4v) is 1.35. The number of pyridine rings is 1. The van der Waals surface area contributed by atoms with E-state index < -0.39 is 0 Å². The number of rotatable bonds is 1. The second kappa shape index (κ2) is 6.36. The average molecular weight is 210 g/mol. The van der Waals surface area contributed by atoms with Gasteiger partial charge in [-0.05, 0) is 11.6 Å². The van der Waals surface area contributed by atoms with Gasteiger partial charge in [0.2, 0.25) is 0 Å². The molecule has 0 saturated carbocycles. The van der Waals surface area contributed by atoms with E-state index in [1.807, 2.05) is 50.2 Å². The number of hydrogen-bond donors (Lipinski definition) is 0. The lowest BCUT2D eigenvalue weighted by Gasteiger charge is -2.01. The van der Waals surface area contributed by atoms with Crippen LogP contribution in [-0.4, -0.2) is 4.98 Å². The van der Waals surface area contributed by atoms with Gasteiger partial charge in [-0.25, -0.2) is 0 Å².